The molecular formula is C57H78BN3O8. The number of unbranched alkanes of at least 4 members (excludes halogenated alkanes) is 2. The van der Waals surface area contributed by atoms with Gasteiger partial charge in [-0.1, -0.05) is 108 Å². The fourth-order valence-corrected chi connectivity index (χ4v) is 12.0. The van der Waals surface area contributed by atoms with E-state index in [1.165, 1.54) is 10.5 Å². The lowest BCUT2D eigenvalue weighted by Crippen LogP contribution is -2.65. The van der Waals surface area contributed by atoms with Crippen LogP contribution in [0, 0.1) is 29.1 Å². The minimum absolute atomic E-state index is 0.00925. The normalized spacial score (nSPS) is 26.4. The fourth-order valence-electron chi connectivity index (χ4n) is 12.0. The lowest BCUT2D eigenvalue weighted by atomic mass is 9.43. The van der Waals surface area contributed by atoms with Crippen LogP contribution >= 0.6 is 0 Å². The van der Waals surface area contributed by atoms with Crippen molar-refractivity contribution < 1.29 is 38.0 Å². The number of likely N-dealkylation sites (N-methyl/N-ethyl adjacent to an activating group) is 1. The number of rotatable bonds is 18. The number of carbonyl (C=O) groups is 5. The number of nitrogens with zero attached hydrogens (tertiary/aromatic N) is 1. The highest BCUT2D eigenvalue weighted by Crippen LogP contribution is 2.66. The second-order valence-corrected chi connectivity index (χ2v) is 21.8. The van der Waals surface area contributed by atoms with Crippen molar-refractivity contribution in [2.75, 3.05) is 20.7 Å². The van der Waals surface area contributed by atoms with E-state index in [4.69, 9.17) is 19.8 Å². The van der Waals surface area contributed by atoms with Gasteiger partial charge in [0.25, 0.3) is 0 Å². The van der Waals surface area contributed by atoms with Gasteiger partial charge in [-0.05, 0) is 134 Å². The third-order valence-electron chi connectivity index (χ3n) is 16.6. The minimum Gasteiger partial charge on any atom is -0.496 e. The van der Waals surface area contributed by atoms with Gasteiger partial charge in [0.2, 0.25) is 11.8 Å². The van der Waals surface area contributed by atoms with E-state index in [-0.39, 0.29) is 71.4 Å². The highest BCUT2D eigenvalue weighted by atomic mass is 16.7. The van der Waals surface area contributed by atoms with Gasteiger partial charge in [-0.2, -0.15) is 0 Å². The molecule has 3 N–H and O–H groups in total. The van der Waals surface area contributed by atoms with E-state index >= 15 is 0 Å². The van der Waals surface area contributed by atoms with E-state index < -0.39 is 31.0 Å². The van der Waals surface area contributed by atoms with Gasteiger partial charge in [0.1, 0.15) is 11.8 Å². The fraction of sp³-hybridized carbons (Fsp3) is 0.596. The molecule has 2 heterocycles. The predicted molar refractivity (Wildman–Crippen MR) is 272 cm³/mol. The Balaban J connectivity index is 1.06. The summed E-state index contributed by atoms with van der Waals surface area (Å²) in [5.41, 5.74) is 11.1. The summed E-state index contributed by atoms with van der Waals surface area (Å²) in [6, 6.07) is 19.9. The van der Waals surface area contributed by atoms with Gasteiger partial charge in [0.15, 0.2) is 17.3 Å². The van der Waals surface area contributed by atoms with Gasteiger partial charge in [-0.3, -0.25) is 24.0 Å². The van der Waals surface area contributed by atoms with Crippen molar-refractivity contribution >= 4 is 36.3 Å². The summed E-state index contributed by atoms with van der Waals surface area (Å²) in [5.74, 6) is -1.28. The van der Waals surface area contributed by atoms with Gasteiger partial charge < -0.3 is 30.0 Å². The van der Waals surface area contributed by atoms with Gasteiger partial charge >= 0.3 is 7.12 Å². The molecule has 5 aliphatic rings. The minimum atomic E-state index is -1.04. The SMILES string of the molecule is CCCCc1ccc(-c2ccc(C(=O)C[C@@H](CCCCN)C(=O)N(C)[C@@H]3C(=O)C[C@@H](C)C(=O)N[C@H](C(=O)C[C@@H](C)B4O[C@@H]5C[C@@H]6C[C@@H](C6(C)C)[C@]5(C)O4)CCCCc4cc3ccc4OC)cc2)cc1. The molecule has 11 nitrogen and oxygen atoms in total. The number of methoxy groups -OCH3 is 1. The Hall–Kier alpha value is -4.65. The Morgan fingerprint density at radius 2 is 1.65 bits per heavy atom. The predicted octanol–water partition coefficient (Wildman–Crippen LogP) is 10.1. The first-order chi connectivity index (χ1) is 33.0. The lowest BCUT2D eigenvalue weighted by Gasteiger charge is -2.64. The molecule has 4 fully saturated rings. The molecule has 12 heteroatoms. The molecular weight excluding hydrogens is 865 g/mol. The highest BCUT2D eigenvalue weighted by Gasteiger charge is 2.68. The maximum Gasteiger partial charge on any atom is 0.461 e. The monoisotopic (exact) mass is 944 g/mol. The standard InChI is InChI=1S/C57H78BN3O8/c1-9-10-15-38-19-21-39(22-20-38)40-23-25-41(26-24-40)47(62)33-44(17-13-14-29-59)55(66)61(7)53-43-27-28-50(67-8)42(32-43)16-11-12-18-46(60-54(65)36(2)30-49(53)64)48(63)31-37(3)58-68-52-35-45-34-51(56(45,4)5)57(52,6)69-58/h19-28,32,36-37,44-46,51-53H,9-18,29-31,33-35,59H2,1-8H3,(H,60,65)/t36-,37-,44-,45+,46+,51+,52-,53+,57+/m1/s1. The molecule has 3 saturated carbocycles. The summed E-state index contributed by atoms with van der Waals surface area (Å²) in [5, 5.41) is 3.05. The van der Waals surface area contributed by atoms with Crippen LogP contribution in [0.15, 0.2) is 66.7 Å². The molecule has 0 spiro atoms. The molecule has 0 radical (unpaired) electrons. The van der Waals surface area contributed by atoms with Crippen LogP contribution in [-0.4, -0.2) is 79.6 Å². The molecule has 3 aliphatic carbocycles. The Labute approximate surface area is 411 Å². The quantitative estimate of drug-likeness (QED) is 0.0721. The molecule has 3 aromatic rings. The smallest absolute Gasteiger partial charge is 0.461 e. The molecule has 69 heavy (non-hydrogen) atoms. The average Bonchev–Trinajstić information content (AvgIpc) is 3.71. The molecule has 1 saturated heterocycles. The largest absolute Gasteiger partial charge is 0.496 e. The molecule has 372 valence electrons. The van der Waals surface area contributed by atoms with E-state index in [1.54, 1.807) is 21.1 Å². The molecule has 0 unspecified atom stereocenters. The lowest BCUT2D eigenvalue weighted by molar-refractivity contribution is -0.199. The molecule has 4 bridgehead atoms. The van der Waals surface area contributed by atoms with Crippen molar-refractivity contribution in [3.05, 3.63) is 89.0 Å². The molecule has 9 atom stereocenters. The molecule has 8 rings (SSSR count). The number of Topliss-reactive ketones (excluding diaryl/α,β-unsaturated/α-hetero) is 3. The van der Waals surface area contributed by atoms with Crippen molar-refractivity contribution in [3.63, 3.8) is 0 Å². The van der Waals surface area contributed by atoms with Crippen molar-refractivity contribution in [1.29, 1.82) is 0 Å². The summed E-state index contributed by atoms with van der Waals surface area (Å²) >= 11 is 0. The Morgan fingerprint density at radius 1 is 0.942 bits per heavy atom. The summed E-state index contributed by atoms with van der Waals surface area (Å²) in [4.78, 5) is 73.2. The highest BCUT2D eigenvalue weighted by molar-refractivity contribution is 6.47. The zero-order valence-corrected chi connectivity index (χ0v) is 42.7. The second-order valence-electron chi connectivity index (χ2n) is 21.8. The van der Waals surface area contributed by atoms with Gasteiger partial charge in [0, 0.05) is 43.7 Å². The molecule has 2 amide bonds. The van der Waals surface area contributed by atoms with Crippen molar-refractivity contribution in [1.82, 2.24) is 10.2 Å². The molecule has 0 aromatic heterocycles. The number of amides is 2. The number of ether oxygens (including phenoxy) is 1. The first kappa shape index (κ1) is 52.2. The number of hydrogen-bond donors (Lipinski definition) is 2. The maximum atomic E-state index is 14.8. The van der Waals surface area contributed by atoms with Gasteiger partial charge in [-0.15, -0.1) is 0 Å². The van der Waals surface area contributed by atoms with Crippen LogP contribution in [0.4, 0.5) is 0 Å². The van der Waals surface area contributed by atoms with Gasteiger partial charge in [0.05, 0.1) is 24.9 Å². The number of benzene rings is 3. The number of carbonyl (C=O) groups excluding carboxylic acids is 5. The number of nitrogens with two attached hydrogens (primary N) is 1. The zero-order chi connectivity index (χ0) is 49.6. The topological polar surface area (TPSA) is 154 Å². The van der Waals surface area contributed by atoms with E-state index in [9.17, 15) is 24.0 Å². The van der Waals surface area contributed by atoms with Crippen LogP contribution < -0.4 is 15.8 Å². The number of hydrogen-bond acceptors (Lipinski definition) is 9. The van der Waals surface area contributed by atoms with Crippen molar-refractivity contribution in [2.24, 2.45) is 34.8 Å². The van der Waals surface area contributed by atoms with Crippen LogP contribution in [0.5, 0.6) is 5.75 Å². The van der Waals surface area contributed by atoms with E-state index in [1.807, 2.05) is 49.4 Å². The van der Waals surface area contributed by atoms with Crippen molar-refractivity contribution in [2.45, 2.75) is 167 Å². The maximum absolute atomic E-state index is 14.8. The number of nitrogens with one attached hydrogen (secondary N) is 1. The number of fused-ring (bicyclic) bond motifs is 2. The summed E-state index contributed by atoms with van der Waals surface area (Å²) in [7, 11) is 2.73. The first-order valence-corrected chi connectivity index (χ1v) is 26.0. The Kier molecular flexibility index (Phi) is 17.1. The van der Waals surface area contributed by atoms with Crippen LogP contribution in [-0.2, 0) is 41.3 Å². The zero-order valence-electron chi connectivity index (χ0n) is 42.7. The van der Waals surface area contributed by atoms with E-state index in [0.717, 1.165) is 48.8 Å². The van der Waals surface area contributed by atoms with Crippen LogP contribution in [0.2, 0.25) is 5.82 Å². The summed E-state index contributed by atoms with van der Waals surface area (Å²) < 4.78 is 19.0. The van der Waals surface area contributed by atoms with Crippen LogP contribution in [0.25, 0.3) is 11.1 Å². The number of ketones is 3. The van der Waals surface area contributed by atoms with E-state index in [0.29, 0.717) is 80.2 Å². The van der Waals surface area contributed by atoms with Crippen LogP contribution in [0.1, 0.15) is 158 Å². The molecule has 2 aliphatic heterocycles. The van der Waals surface area contributed by atoms with E-state index in [2.05, 4.69) is 57.3 Å². The van der Waals surface area contributed by atoms with Crippen molar-refractivity contribution in [3.8, 4) is 16.9 Å². The average molecular weight is 944 g/mol. The first-order valence-electron chi connectivity index (χ1n) is 26.0. The number of aryl methyl sites for hydroxylation is 2. The summed E-state index contributed by atoms with van der Waals surface area (Å²) in [6.07, 6.45) is 9.61. The second kappa shape index (κ2) is 22.6. The third-order valence-corrected chi connectivity index (χ3v) is 16.6. The van der Waals surface area contributed by atoms with Gasteiger partial charge in [-0.25, -0.2) is 0 Å². The Morgan fingerprint density at radius 3 is 2.32 bits per heavy atom. The summed E-state index contributed by atoms with van der Waals surface area (Å²) in [6.45, 7) is 13.2. The van der Waals surface area contributed by atoms with Crippen LogP contribution in [0.3, 0.4) is 0 Å². The molecule has 3 aromatic carbocycles. The third kappa shape index (κ3) is 11.6. The Bertz CT molecular complexity index is 2300.